The summed E-state index contributed by atoms with van der Waals surface area (Å²) in [6.45, 7) is 11.1. The Balaban J connectivity index is 1.18. The second-order valence-corrected chi connectivity index (χ2v) is 13.2. The molecule has 2 aromatic carbocycles. The lowest BCUT2D eigenvalue weighted by Gasteiger charge is -2.57. The molecule has 1 heterocycles. The largest absolute Gasteiger partial charge is 0.416 e. The van der Waals surface area contributed by atoms with Crippen LogP contribution in [0.3, 0.4) is 0 Å². The van der Waals surface area contributed by atoms with Gasteiger partial charge in [0.2, 0.25) is 0 Å². The van der Waals surface area contributed by atoms with Gasteiger partial charge >= 0.3 is 12.2 Å². The summed E-state index contributed by atoms with van der Waals surface area (Å²) in [5, 5.41) is 2.82. The summed E-state index contributed by atoms with van der Waals surface area (Å²) in [6.07, 6.45) is 3.32. The molecular formula is C35H45F3N4O2. The summed E-state index contributed by atoms with van der Waals surface area (Å²) in [4.78, 5) is 32.6. The molecule has 1 N–H and O–H groups in total. The van der Waals surface area contributed by atoms with Crippen LogP contribution in [-0.2, 0) is 12.6 Å². The number of fused-ring (bicyclic) bond motifs is 1. The van der Waals surface area contributed by atoms with Gasteiger partial charge in [0.1, 0.15) is 0 Å². The summed E-state index contributed by atoms with van der Waals surface area (Å²) in [5.41, 5.74) is 3.05. The molecule has 3 aliphatic carbocycles. The van der Waals surface area contributed by atoms with Gasteiger partial charge in [0.15, 0.2) is 0 Å². The molecule has 0 radical (unpaired) electrons. The third-order valence-electron chi connectivity index (χ3n) is 10.1. The Morgan fingerprint density at radius 2 is 1.68 bits per heavy atom. The number of urea groups is 1. The van der Waals surface area contributed by atoms with Crippen molar-refractivity contribution in [2.24, 2.45) is 17.3 Å². The van der Waals surface area contributed by atoms with Crippen molar-refractivity contribution >= 4 is 17.6 Å². The lowest BCUT2D eigenvalue weighted by molar-refractivity contribution is -0.137. The van der Waals surface area contributed by atoms with Crippen molar-refractivity contribution in [3.8, 4) is 0 Å². The number of piperazine rings is 1. The van der Waals surface area contributed by atoms with Crippen LogP contribution in [0.1, 0.15) is 67.9 Å². The van der Waals surface area contributed by atoms with Crippen molar-refractivity contribution < 1.29 is 22.8 Å². The minimum Gasteiger partial charge on any atom is -0.336 e. The molecule has 2 bridgehead atoms. The third-order valence-corrected chi connectivity index (χ3v) is 10.1. The smallest absolute Gasteiger partial charge is 0.336 e. The first kappa shape index (κ1) is 32.1. The van der Waals surface area contributed by atoms with E-state index in [1.165, 1.54) is 23.3 Å². The van der Waals surface area contributed by atoms with E-state index >= 15 is 0 Å². The SMILES string of the molecule is CCCCc1ccc(C(=O)N2CCN(CCN(CC3=CCC4CC3C4(C)C)C(=O)Nc3ccc(C(F)(F)F)cc3)CC2)cc1. The normalized spacial score (nSPS) is 21.3. The zero-order valence-corrected chi connectivity index (χ0v) is 26.1. The van der Waals surface area contributed by atoms with E-state index in [-0.39, 0.29) is 17.4 Å². The van der Waals surface area contributed by atoms with Gasteiger partial charge in [-0.15, -0.1) is 0 Å². The van der Waals surface area contributed by atoms with Gasteiger partial charge in [-0.25, -0.2) is 4.79 Å². The Bertz CT molecular complexity index is 1330. The summed E-state index contributed by atoms with van der Waals surface area (Å²) < 4.78 is 39.1. The van der Waals surface area contributed by atoms with E-state index in [9.17, 15) is 22.8 Å². The molecule has 6 nitrogen and oxygen atoms in total. The number of nitrogens with zero attached hydrogens (tertiary/aromatic N) is 3. The van der Waals surface area contributed by atoms with Crippen LogP contribution < -0.4 is 5.32 Å². The van der Waals surface area contributed by atoms with Crippen LogP contribution in [-0.4, -0.2) is 72.5 Å². The maximum atomic E-state index is 13.5. The number of amides is 3. The summed E-state index contributed by atoms with van der Waals surface area (Å²) in [5.74, 6) is 1.18. The number of benzene rings is 2. The molecule has 4 aliphatic rings. The highest BCUT2D eigenvalue weighted by Gasteiger charge is 2.51. The van der Waals surface area contributed by atoms with E-state index in [4.69, 9.17) is 0 Å². The molecule has 1 aliphatic heterocycles. The van der Waals surface area contributed by atoms with Gasteiger partial charge in [-0.2, -0.15) is 13.2 Å². The van der Waals surface area contributed by atoms with Gasteiger partial charge in [0, 0.05) is 57.1 Å². The number of unbranched alkanes of at least 4 members (excludes halogenated alkanes) is 1. The molecule has 2 aromatic rings. The first-order valence-corrected chi connectivity index (χ1v) is 16.0. The molecule has 1 saturated carbocycles. The Morgan fingerprint density at radius 1 is 1.00 bits per heavy atom. The van der Waals surface area contributed by atoms with Gasteiger partial charge in [-0.3, -0.25) is 9.69 Å². The van der Waals surface area contributed by atoms with E-state index in [0.29, 0.717) is 68.9 Å². The Morgan fingerprint density at radius 3 is 2.27 bits per heavy atom. The molecule has 2 unspecified atom stereocenters. The second-order valence-electron chi connectivity index (χ2n) is 13.2. The highest BCUT2D eigenvalue weighted by Crippen LogP contribution is 2.59. The van der Waals surface area contributed by atoms with Crippen molar-refractivity contribution in [1.29, 1.82) is 0 Å². The molecule has 44 heavy (non-hydrogen) atoms. The first-order valence-electron chi connectivity index (χ1n) is 16.0. The average Bonchev–Trinajstić information content (AvgIpc) is 3.02. The van der Waals surface area contributed by atoms with Gasteiger partial charge in [0.05, 0.1) is 5.56 Å². The Labute approximate surface area is 259 Å². The third kappa shape index (κ3) is 7.31. The molecule has 1 saturated heterocycles. The fourth-order valence-electron chi connectivity index (χ4n) is 6.89. The van der Waals surface area contributed by atoms with E-state index < -0.39 is 11.7 Å². The minimum atomic E-state index is -4.43. The Kier molecular flexibility index (Phi) is 9.73. The molecule has 3 amide bonds. The molecule has 2 fully saturated rings. The van der Waals surface area contributed by atoms with Crippen LogP contribution >= 0.6 is 0 Å². The monoisotopic (exact) mass is 610 g/mol. The van der Waals surface area contributed by atoms with Gasteiger partial charge < -0.3 is 15.1 Å². The number of halogens is 3. The van der Waals surface area contributed by atoms with E-state index in [0.717, 1.165) is 44.2 Å². The van der Waals surface area contributed by atoms with E-state index in [2.05, 4.69) is 49.2 Å². The number of anilines is 1. The van der Waals surface area contributed by atoms with E-state index in [1.807, 2.05) is 17.0 Å². The summed E-state index contributed by atoms with van der Waals surface area (Å²) in [6, 6.07) is 12.2. The lowest BCUT2D eigenvalue weighted by Crippen LogP contribution is -2.52. The standard InChI is InChI=1S/C35H45F3N4O2/c1-4-5-6-25-7-9-26(10-8-25)32(43)41-20-17-40(18-21-41)19-22-42(24-27-11-12-29-23-31(27)34(29,2)3)33(44)39-30-15-13-28(14-16-30)35(36,37)38/h7-11,13-16,29,31H,4-6,12,17-24H2,1-3H3,(H,39,44). The number of rotatable bonds is 10. The molecular weight excluding hydrogens is 565 g/mol. The number of alkyl halides is 3. The average molecular weight is 611 g/mol. The second kappa shape index (κ2) is 13.3. The predicted molar refractivity (Wildman–Crippen MR) is 168 cm³/mol. The van der Waals surface area contributed by atoms with Crippen LogP contribution in [0, 0.1) is 17.3 Å². The fourth-order valence-corrected chi connectivity index (χ4v) is 6.89. The fraction of sp³-hybridized carbons (Fsp3) is 0.543. The van der Waals surface area contributed by atoms with Gasteiger partial charge in [0.25, 0.3) is 5.91 Å². The van der Waals surface area contributed by atoms with Crippen LogP contribution in [0.25, 0.3) is 0 Å². The van der Waals surface area contributed by atoms with Gasteiger partial charge in [-0.1, -0.05) is 51.0 Å². The zero-order valence-electron chi connectivity index (χ0n) is 26.1. The van der Waals surface area contributed by atoms with Crippen molar-refractivity contribution in [2.75, 3.05) is 51.1 Å². The number of allylic oxidation sites excluding steroid dienone is 1. The number of hydrogen-bond donors (Lipinski definition) is 1. The van der Waals surface area contributed by atoms with Crippen molar-refractivity contribution in [3.05, 3.63) is 76.9 Å². The summed E-state index contributed by atoms with van der Waals surface area (Å²) >= 11 is 0. The van der Waals surface area contributed by atoms with Crippen LogP contribution in [0.15, 0.2) is 60.2 Å². The predicted octanol–water partition coefficient (Wildman–Crippen LogP) is 7.33. The summed E-state index contributed by atoms with van der Waals surface area (Å²) in [7, 11) is 0. The number of hydrogen-bond acceptors (Lipinski definition) is 3. The van der Waals surface area contributed by atoms with Crippen molar-refractivity contribution in [2.45, 2.75) is 59.1 Å². The first-order chi connectivity index (χ1) is 21.0. The van der Waals surface area contributed by atoms with Crippen molar-refractivity contribution in [3.63, 3.8) is 0 Å². The molecule has 238 valence electrons. The Hall–Kier alpha value is -3.33. The number of nitrogens with one attached hydrogen (secondary N) is 1. The zero-order chi connectivity index (χ0) is 31.5. The highest BCUT2D eigenvalue weighted by molar-refractivity contribution is 5.94. The maximum absolute atomic E-state index is 13.5. The maximum Gasteiger partial charge on any atom is 0.416 e. The molecule has 6 rings (SSSR count). The minimum absolute atomic E-state index is 0.0508. The number of aryl methyl sites for hydroxylation is 1. The van der Waals surface area contributed by atoms with Crippen LogP contribution in [0.4, 0.5) is 23.7 Å². The van der Waals surface area contributed by atoms with E-state index in [1.54, 1.807) is 4.90 Å². The molecule has 0 spiro atoms. The van der Waals surface area contributed by atoms with Gasteiger partial charge in [-0.05, 0) is 84.9 Å². The molecule has 2 atom stereocenters. The quantitative estimate of drug-likeness (QED) is 0.287. The lowest BCUT2D eigenvalue weighted by atomic mass is 9.49. The highest BCUT2D eigenvalue weighted by atomic mass is 19.4. The molecule has 0 aromatic heterocycles. The number of carbonyl (C=O) groups excluding carboxylic acids is 2. The topological polar surface area (TPSA) is 55.9 Å². The van der Waals surface area contributed by atoms with Crippen LogP contribution in [0.5, 0.6) is 0 Å². The molecule has 9 heteroatoms. The van der Waals surface area contributed by atoms with Crippen molar-refractivity contribution in [1.82, 2.24) is 14.7 Å². The number of carbonyl (C=O) groups is 2. The van der Waals surface area contributed by atoms with Crippen LogP contribution in [0.2, 0.25) is 0 Å².